The lowest BCUT2D eigenvalue weighted by Gasteiger charge is -2.32. The predicted molar refractivity (Wildman–Crippen MR) is 52.2 cm³/mol. The Hall–Kier alpha value is -1.78. The second kappa shape index (κ2) is 3.66. The van der Waals surface area contributed by atoms with Gasteiger partial charge in [-0.2, -0.15) is 0 Å². The van der Waals surface area contributed by atoms with Crippen molar-refractivity contribution in [3.8, 4) is 0 Å². The minimum atomic E-state index is -1.17. The Labute approximate surface area is 92.3 Å². The molecule has 1 aliphatic rings. The first-order valence-corrected chi connectivity index (χ1v) is 4.95. The quantitative estimate of drug-likeness (QED) is 0.559. The minimum absolute atomic E-state index is 0.240. The first kappa shape index (κ1) is 10.7. The van der Waals surface area contributed by atoms with E-state index >= 15 is 0 Å². The van der Waals surface area contributed by atoms with Crippen molar-refractivity contribution in [1.29, 1.82) is 0 Å². The number of hydrogen-bond donors (Lipinski definition) is 0. The van der Waals surface area contributed by atoms with Crippen molar-refractivity contribution in [2.75, 3.05) is 0 Å². The highest BCUT2D eigenvalue weighted by molar-refractivity contribution is 5.96. The summed E-state index contributed by atoms with van der Waals surface area (Å²) in [4.78, 5) is 23.2. The highest BCUT2D eigenvalue weighted by Crippen LogP contribution is 2.25. The largest absolute Gasteiger partial charge is 0.472 e. The molecule has 2 rings (SSSR count). The number of hydrogen-bond acceptors (Lipinski definition) is 5. The fourth-order valence-electron chi connectivity index (χ4n) is 1.55. The van der Waals surface area contributed by atoms with E-state index in [1.807, 2.05) is 0 Å². The van der Waals surface area contributed by atoms with Crippen LogP contribution in [0.4, 0.5) is 0 Å². The Morgan fingerprint density at radius 2 is 1.88 bits per heavy atom. The molecule has 0 bridgehead atoms. The van der Waals surface area contributed by atoms with Gasteiger partial charge in [0.15, 0.2) is 5.92 Å². The molecule has 0 amide bonds. The van der Waals surface area contributed by atoms with Crippen LogP contribution in [0.3, 0.4) is 0 Å². The molecule has 0 aromatic carbocycles. The molecule has 1 fully saturated rings. The molecule has 16 heavy (non-hydrogen) atoms. The molecule has 5 nitrogen and oxygen atoms in total. The normalized spacial score (nSPS) is 20.4. The van der Waals surface area contributed by atoms with Crippen LogP contribution in [0.15, 0.2) is 23.0 Å². The second-order valence-electron chi connectivity index (χ2n) is 4.13. The van der Waals surface area contributed by atoms with E-state index in [4.69, 9.17) is 13.9 Å². The topological polar surface area (TPSA) is 65.7 Å². The standard InChI is InChI=1S/C11H12O5/c1-11(2)15-9(12)8(10(13)16-11)5-7-3-4-14-6-7/h3-4,6,8H,5H2,1-2H3. The summed E-state index contributed by atoms with van der Waals surface area (Å²) in [5.41, 5.74) is 0.763. The van der Waals surface area contributed by atoms with Crippen molar-refractivity contribution < 1.29 is 23.5 Å². The third kappa shape index (κ3) is 2.08. The molecule has 0 aliphatic carbocycles. The van der Waals surface area contributed by atoms with E-state index < -0.39 is 23.6 Å². The van der Waals surface area contributed by atoms with Crippen LogP contribution in [0, 0.1) is 5.92 Å². The molecule has 0 atom stereocenters. The predicted octanol–water partition coefficient (Wildman–Crippen LogP) is 1.27. The Kier molecular flexibility index (Phi) is 2.46. The number of carbonyl (C=O) groups is 2. The van der Waals surface area contributed by atoms with Crippen molar-refractivity contribution in [3.05, 3.63) is 24.2 Å². The number of carbonyl (C=O) groups excluding carboxylic acids is 2. The third-order valence-corrected chi connectivity index (χ3v) is 2.28. The van der Waals surface area contributed by atoms with Crippen LogP contribution in [0.2, 0.25) is 0 Å². The molecule has 1 aromatic heterocycles. The Morgan fingerprint density at radius 1 is 1.25 bits per heavy atom. The molecule has 0 spiro atoms. The van der Waals surface area contributed by atoms with E-state index in [1.54, 1.807) is 6.07 Å². The van der Waals surface area contributed by atoms with Crippen LogP contribution in [0.5, 0.6) is 0 Å². The van der Waals surface area contributed by atoms with E-state index in [2.05, 4.69) is 0 Å². The number of ether oxygens (including phenoxy) is 2. The zero-order valence-electron chi connectivity index (χ0n) is 9.06. The van der Waals surface area contributed by atoms with Gasteiger partial charge in [-0.3, -0.25) is 9.59 Å². The zero-order chi connectivity index (χ0) is 11.8. The number of furan rings is 1. The van der Waals surface area contributed by atoms with Crippen LogP contribution >= 0.6 is 0 Å². The highest BCUT2D eigenvalue weighted by atomic mass is 16.7. The lowest BCUT2D eigenvalue weighted by atomic mass is 10.0. The lowest BCUT2D eigenvalue weighted by Crippen LogP contribution is -2.46. The molecule has 2 heterocycles. The molecule has 1 aromatic rings. The van der Waals surface area contributed by atoms with Crippen molar-refractivity contribution in [1.82, 2.24) is 0 Å². The van der Waals surface area contributed by atoms with Gasteiger partial charge in [-0.25, -0.2) is 0 Å². The van der Waals surface area contributed by atoms with Crippen molar-refractivity contribution in [2.45, 2.75) is 26.1 Å². The summed E-state index contributed by atoms with van der Waals surface area (Å²) < 4.78 is 14.8. The van der Waals surface area contributed by atoms with Gasteiger partial charge >= 0.3 is 11.9 Å². The third-order valence-electron chi connectivity index (χ3n) is 2.28. The molecule has 0 radical (unpaired) electrons. The summed E-state index contributed by atoms with van der Waals surface area (Å²) in [6.45, 7) is 3.05. The van der Waals surface area contributed by atoms with E-state index in [9.17, 15) is 9.59 Å². The number of rotatable bonds is 2. The maximum absolute atomic E-state index is 11.6. The molecule has 0 saturated carbocycles. The molecule has 1 saturated heterocycles. The van der Waals surface area contributed by atoms with Gasteiger partial charge in [0, 0.05) is 13.8 Å². The average Bonchev–Trinajstić information content (AvgIpc) is 2.62. The van der Waals surface area contributed by atoms with E-state index in [0.717, 1.165) is 5.56 Å². The zero-order valence-corrected chi connectivity index (χ0v) is 9.06. The van der Waals surface area contributed by atoms with Gasteiger partial charge in [0.1, 0.15) is 0 Å². The van der Waals surface area contributed by atoms with E-state index in [0.29, 0.717) is 0 Å². The molecular weight excluding hydrogens is 212 g/mol. The van der Waals surface area contributed by atoms with Crippen molar-refractivity contribution in [3.63, 3.8) is 0 Å². The summed E-state index contributed by atoms with van der Waals surface area (Å²) in [6, 6.07) is 1.69. The second-order valence-corrected chi connectivity index (χ2v) is 4.13. The summed E-state index contributed by atoms with van der Waals surface area (Å²) in [6.07, 6.45) is 3.21. The van der Waals surface area contributed by atoms with Gasteiger partial charge in [-0.15, -0.1) is 0 Å². The maximum Gasteiger partial charge on any atom is 0.323 e. The number of cyclic esters (lactones) is 2. The SMILES string of the molecule is CC1(C)OC(=O)C(Cc2ccoc2)C(=O)O1. The maximum atomic E-state index is 11.6. The first-order chi connectivity index (χ1) is 7.48. The van der Waals surface area contributed by atoms with Crippen molar-refractivity contribution in [2.24, 2.45) is 5.92 Å². The minimum Gasteiger partial charge on any atom is -0.472 e. The Balaban J connectivity index is 2.11. The average molecular weight is 224 g/mol. The van der Waals surface area contributed by atoms with Gasteiger partial charge in [0.25, 0.3) is 5.79 Å². The number of esters is 2. The molecular formula is C11H12O5. The lowest BCUT2D eigenvalue weighted by molar-refractivity contribution is -0.239. The molecule has 5 heteroatoms. The van der Waals surface area contributed by atoms with Crippen LogP contribution < -0.4 is 0 Å². The van der Waals surface area contributed by atoms with Gasteiger partial charge in [-0.1, -0.05) is 0 Å². The van der Waals surface area contributed by atoms with Crippen LogP contribution in [0.1, 0.15) is 19.4 Å². The summed E-state index contributed by atoms with van der Waals surface area (Å²) in [7, 11) is 0. The van der Waals surface area contributed by atoms with Crippen molar-refractivity contribution >= 4 is 11.9 Å². The van der Waals surface area contributed by atoms with Gasteiger partial charge < -0.3 is 13.9 Å². The van der Waals surface area contributed by atoms with Crippen LogP contribution in [-0.2, 0) is 25.5 Å². The van der Waals surface area contributed by atoms with Gasteiger partial charge in [-0.05, 0) is 18.1 Å². The van der Waals surface area contributed by atoms with E-state index in [-0.39, 0.29) is 6.42 Å². The monoisotopic (exact) mass is 224 g/mol. The molecule has 1 aliphatic heterocycles. The van der Waals surface area contributed by atoms with E-state index in [1.165, 1.54) is 26.4 Å². The summed E-state index contributed by atoms with van der Waals surface area (Å²) in [5, 5.41) is 0. The highest BCUT2D eigenvalue weighted by Gasteiger charge is 2.43. The fourth-order valence-corrected chi connectivity index (χ4v) is 1.55. The fraction of sp³-hybridized carbons (Fsp3) is 0.455. The smallest absolute Gasteiger partial charge is 0.323 e. The molecule has 0 N–H and O–H groups in total. The van der Waals surface area contributed by atoms with Gasteiger partial charge in [0.05, 0.1) is 12.5 Å². The first-order valence-electron chi connectivity index (χ1n) is 4.95. The molecule has 0 unspecified atom stereocenters. The van der Waals surface area contributed by atoms with Crippen LogP contribution in [-0.4, -0.2) is 17.7 Å². The Morgan fingerprint density at radius 3 is 2.38 bits per heavy atom. The summed E-state index contributed by atoms with van der Waals surface area (Å²) >= 11 is 0. The summed E-state index contributed by atoms with van der Waals surface area (Å²) in [5.74, 6) is -3.17. The van der Waals surface area contributed by atoms with Gasteiger partial charge in [0.2, 0.25) is 0 Å². The molecule has 86 valence electrons. The Bertz CT molecular complexity index is 384. The van der Waals surface area contributed by atoms with Crippen LogP contribution in [0.25, 0.3) is 0 Å².